The molecule has 3 nitrogen and oxygen atoms in total. The Balaban J connectivity index is 1.86. The third kappa shape index (κ3) is 4.82. The minimum absolute atomic E-state index is 0.658. The second-order valence-corrected chi connectivity index (χ2v) is 6.65. The Morgan fingerprint density at radius 1 is 1.19 bits per heavy atom. The summed E-state index contributed by atoms with van der Waals surface area (Å²) in [5.74, 6) is 1.64. The highest BCUT2D eigenvalue weighted by Gasteiger charge is 2.19. The molecule has 1 saturated carbocycles. The molecule has 1 N–H and O–H groups in total. The number of rotatable bonds is 7. The fraction of sp³-hybridized carbons (Fsp3) is 0.647. The normalized spacial score (nSPS) is 22.0. The first kappa shape index (κ1) is 16.5. The number of ether oxygens (including phenoxy) is 2. The summed E-state index contributed by atoms with van der Waals surface area (Å²) in [4.78, 5) is 0. The lowest BCUT2D eigenvalue weighted by atomic mass is 9.95. The van der Waals surface area contributed by atoms with Crippen molar-refractivity contribution in [2.75, 3.05) is 20.0 Å². The van der Waals surface area contributed by atoms with Crippen molar-refractivity contribution in [3.05, 3.63) is 23.8 Å². The third-order valence-corrected chi connectivity index (χ3v) is 5.27. The summed E-state index contributed by atoms with van der Waals surface area (Å²) in [6.07, 6.45) is 7.49. The van der Waals surface area contributed by atoms with Crippen molar-refractivity contribution in [1.29, 1.82) is 0 Å². The first-order chi connectivity index (χ1) is 10.3. The molecular weight excluding hydrogens is 282 g/mol. The van der Waals surface area contributed by atoms with Crippen molar-refractivity contribution >= 4 is 11.8 Å². The van der Waals surface area contributed by atoms with E-state index in [1.807, 2.05) is 24.8 Å². The molecule has 0 spiro atoms. The first-order valence-corrected chi connectivity index (χ1v) is 9.11. The topological polar surface area (TPSA) is 30.5 Å². The highest BCUT2D eigenvalue weighted by Crippen LogP contribution is 2.29. The van der Waals surface area contributed by atoms with Gasteiger partial charge in [-0.05, 0) is 56.6 Å². The Labute approximate surface area is 132 Å². The molecule has 0 aliphatic heterocycles. The summed E-state index contributed by atoms with van der Waals surface area (Å²) in [5.41, 5.74) is 1.25. The van der Waals surface area contributed by atoms with Gasteiger partial charge in [0.25, 0.3) is 0 Å². The van der Waals surface area contributed by atoms with Gasteiger partial charge in [-0.1, -0.05) is 6.07 Å². The zero-order chi connectivity index (χ0) is 15.1. The van der Waals surface area contributed by atoms with Crippen LogP contribution in [0.5, 0.6) is 11.5 Å². The monoisotopic (exact) mass is 309 g/mol. The molecular formula is C17H27NO2S. The summed E-state index contributed by atoms with van der Waals surface area (Å²) in [6, 6.07) is 6.86. The van der Waals surface area contributed by atoms with Gasteiger partial charge in [-0.2, -0.15) is 11.8 Å². The largest absolute Gasteiger partial charge is 0.493 e. The molecule has 118 valence electrons. The van der Waals surface area contributed by atoms with E-state index in [-0.39, 0.29) is 0 Å². The fourth-order valence-corrected chi connectivity index (χ4v) is 3.61. The zero-order valence-electron chi connectivity index (χ0n) is 13.4. The van der Waals surface area contributed by atoms with E-state index in [4.69, 9.17) is 9.47 Å². The predicted molar refractivity (Wildman–Crippen MR) is 90.6 cm³/mol. The zero-order valence-corrected chi connectivity index (χ0v) is 14.2. The van der Waals surface area contributed by atoms with E-state index in [0.29, 0.717) is 12.6 Å². The van der Waals surface area contributed by atoms with Crippen LogP contribution in [0.4, 0.5) is 0 Å². The van der Waals surface area contributed by atoms with Gasteiger partial charge in [0.05, 0.1) is 13.7 Å². The molecule has 1 aromatic carbocycles. The predicted octanol–water partition coefficient (Wildman–Crippen LogP) is 3.86. The number of hydrogen-bond donors (Lipinski definition) is 1. The van der Waals surface area contributed by atoms with E-state index in [1.54, 1.807) is 7.11 Å². The molecule has 1 aliphatic rings. The SMILES string of the molecule is CCOc1ccc(CNC2CCC(SC)CC2)cc1OC. The van der Waals surface area contributed by atoms with E-state index >= 15 is 0 Å². The molecule has 0 radical (unpaired) electrons. The Bertz CT molecular complexity index is 431. The van der Waals surface area contributed by atoms with Gasteiger partial charge in [-0.3, -0.25) is 0 Å². The summed E-state index contributed by atoms with van der Waals surface area (Å²) >= 11 is 2.02. The van der Waals surface area contributed by atoms with Crippen LogP contribution >= 0.6 is 11.8 Å². The molecule has 4 heteroatoms. The second-order valence-electron chi connectivity index (χ2n) is 5.51. The standard InChI is InChI=1S/C17H27NO2S/c1-4-20-16-10-5-13(11-17(16)19-2)12-18-14-6-8-15(21-3)9-7-14/h5,10-11,14-15,18H,4,6-9,12H2,1-3H3. The number of benzene rings is 1. The number of hydrogen-bond acceptors (Lipinski definition) is 4. The van der Waals surface area contributed by atoms with Gasteiger partial charge in [-0.15, -0.1) is 0 Å². The van der Waals surface area contributed by atoms with E-state index in [1.165, 1.54) is 31.2 Å². The van der Waals surface area contributed by atoms with Gasteiger partial charge >= 0.3 is 0 Å². The Kier molecular flexibility index (Phi) is 6.71. The van der Waals surface area contributed by atoms with E-state index in [0.717, 1.165) is 23.3 Å². The van der Waals surface area contributed by atoms with Crippen molar-refractivity contribution in [3.63, 3.8) is 0 Å². The average Bonchev–Trinajstić information content (AvgIpc) is 2.54. The summed E-state index contributed by atoms with van der Waals surface area (Å²) in [7, 11) is 1.69. The van der Waals surface area contributed by atoms with Crippen LogP contribution < -0.4 is 14.8 Å². The van der Waals surface area contributed by atoms with Crippen LogP contribution in [-0.2, 0) is 6.54 Å². The van der Waals surface area contributed by atoms with Gasteiger partial charge in [-0.25, -0.2) is 0 Å². The van der Waals surface area contributed by atoms with Crippen LogP contribution in [0.15, 0.2) is 18.2 Å². The Morgan fingerprint density at radius 2 is 1.95 bits per heavy atom. The molecule has 0 atom stereocenters. The quantitative estimate of drug-likeness (QED) is 0.828. The minimum atomic E-state index is 0.658. The summed E-state index contributed by atoms with van der Waals surface area (Å²) in [5, 5.41) is 4.55. The smallest absolute Gasteiger partial charge is 0.161 e. The second kappa shape index (κ2) is 8.54. The maximum absolute atomic E-state index is 5.55. The molecule has 2 rings (SSSR count). The van der Waals surface area contributed by atoms with Gasteiger partial charge in [0.15, 0.2) is 11.5 Å². The van der Waals surface area contributed by atoms with Crippen molar-refractivity contribution in [2.45, 2.75) is 50.4 Å². The number of thioether (sulfide) groups is 1. The van der Waals surface area contributed by atoms with E-state index in [2.05, 4.69) is 23.7 Å². The van der Waals surface area contributed by atoms with Crippen LogP contribution in [-0.4, -0.2) is 31.3 Å². The lowest BCUT2D eigenvalue weighted by Crippen LogP contribution is -2.33. The maximum atomic E-state index is 5.55. The molecule has 0 heterocycles. The van der Waals surface area contributed by atoms with Crippen molar-refractivity contribution in [1.82, 2.24) is 5.32 Å². The summed E-state index contributed by atoms with van der Waals surface area (Å²) < 4.78 is 11.0. The van der Waals surface area contributed by atoms with Crippen LogP contribution in [0, 0.1) is 0 Å². The molecule has 0 unspecified atom stereocenters. The van der Waals surface area contributed by atoms with E-state index in [9.17, 15) is 0 Å². The Hall–Kier alpha value is -0.870. The van der Waals surface area contributed by atoms with Gasteiger partial charge in [0, 0.05) is 17.8 Å². The maximum Gasteiger partial charge on any atom is 0.161 e. The van der Waals surface area contributed by atoms with Crippen molar-refractivity contribution in [3.8, 4) is 11.5 Å². The van der Waals surface area contributed by atoms with Crippen molar-refractivity contribution in [2.24, 2.45) is 0 Å². The third-order valence-electron chi connectivity index (χ3n) is 4.13. The molecule has 1 aliphatic carbocycles. The molecule has 1 fully saturated rings. The van der Waals surface area contributed by atoms with Crippen LogP contribution in [0.2, 0.25) is 0 Å². The van der Waals surface area contributed by atoms with Crippen LogP contribution in [0.1, 0.15) is 38.2 Å². The Morgan fingerprint density at radius 3 is 2.57 bits per heavy atom. The molecule has 0 aromatic heterocycles. The number of nitrogens with one attached hydrogen (secondary N) is 1. The van der Waals surface area contributed by atoms with Crippen molar-refractivity contribution < 1.29 is 9.47 Å². The average molecular weight is 309 g/mol. The molecule has 1 aromatic rings. The molecule has 0 bridgehead atoms. The number of methoxy groups -OCH3 is 1. The highest BCUT2D eigenvalue weighted by molar-refractivity contribution is 7.99. The molecule has 0 amide bonds. The molecule has 21 heavy (non-hydrogen) atoms. The van der Waals surface area contributed by atoms with E-state index < -0.39 is 0 Å². The summed E-state index contributed by atoms with van der Waals surface area (Å²) in [6.45, 7) is 3.55. The highest BCUT2D eigenvalue weighted by atomic mass is 32.2. The lowest BCUT2D eigenvalue weighted by molar-refractivity contribution is 0.310. The lowest BCUT2D eigenvalue weighted by Gasteiger charge is -2.28. The first-order valence-electron chi connectivity index (χ1n) is 7.82. The van der Waals surface area contributed by atoms with Crippen LogP contribution in [0.25, 0.3) is 0 Å². The minimum Gasteiger partial charge on any atom is -0.493 e. The fourth-order valence-electron chi connectivity index (χ4n) is 2.86. The van der Waals surface area contributed by atoms with Gasteiger partial charge < -0.3 is 14.8 Å². The van der Waals surface area contributed by atoms with Crippen LogP contribution in [0.3, 0.4) is 0 Å². The van der Waals surface area contributed by atoms with Gasteiger partial charge in [0.2, 0.25) is 0 Å². The van der Waals surface area contributed by atoms with Gasteiger partial charge in [0.1, 0.15) is 0 Å². The molecule has 0 saturated heterocycles.